The molecule has 1 aliphatic heterocycles. The molecule has 126 valence electrons. The monoisotopic (exact) mass is 328 g/mol. The minimum absolute atomic E-state index is 0.177. The van der Waals surface area contributed by atoms with E-state index in [1.165, 1.54) is 6.33 Å². The third-order valence-corrected chi connectivity index (χ3v) is 4.76. The van der Waals surface area contributed by atoms with Crippen LogP contribution in [-0.4, -0.2) is 40.0 Å². The fourth-order valence-electron chi connectivity index (χ4n) is 2.57. The quantitative estimate of drug-likeness (QED) is 0.841. The number of rotatable bonds is 3. The molecular formula is C17H21BN2O4. The van der Waals surface area contributed by atoms with Crippen LogP contribution in [0.4, 0.5) is 0 Å². The van der Waals surface area contributed by atoms with Crippen molar-refractivity contribution in [1.82, 2.24) is 9.97 Å². The maximum Gasteiger partial charge on any atom is 0.492 e. The summed E-state index contributed by atoms with van der Waals surface area (Å²) in [5.41, 5.74) is 0.925. The maximum atomic E-state index is 11.7. The van der Waals surface area contributed by atoms with Gasteiger partial charge in [-0.3, -0.25) is 4.79 Å². The van der Waals surface area contributed by atoms with Gasteiger partial charge in [-0.15, -0.1) is 0 Å². The first-order valence-corrected chi connectivity index (χ1v) is 7.88. The Labute approximate surface area is 140 Å². The topological polar surface area (TPSA) is 84.4 Å². The first kappa shape index (κ1) is 16.9. The lowest BCUT2D eigenvalue weighted by Gasteiger charge is -2.32. The van der Waals surface area contributed by atoms with E-state index in [0.29, 0.717) is 16.4 Å². The molecule has 0 radical (unpaired) electrons. The molecule has 2 heterocycles. The van der Waals surface area contributed by atoms with Crippen LogP contribution in [0.15, 0.2) is 34.8 Å². The highest BCUT2D eigenvalue weighted by Crippen LogP contribution is 2.38. The normalized spacial score (nSPS) is 19.9. The lowest BCUT2D eigenvalue weighted by Crippen LogP contribution is -2.41. The van der Waals surface area contributed by atoms with Gasteiger partial charge in [-0.05, 0) is 50.9 Å². The zero-order valence-corrected chi connectivity index (χ0v) is 14.3. The molecule has 0 aliphatic carbocycles. The van der Waals surface area contributed by atoms with E-state index in [4.69, 9.17) is 9.31 Å². The van der Waals surface area contributed by atoms with Crippen LogP contribution in [0.1, 0.15) is 33.3 Å². The number of nitrogens with zero attached hydrogens (tertiary/aromatic N) is 1. The molecule has 2 aromatic rings. The van der Waals surface area contributed by atoms with Gasteiger partial charge >= 0.3 is 7.12 Å². The lowest BCUT2D eigenvalue weighted by molar-refractivity contribution is 0.00578. The zero-order valence-electron chi connectivity index (χ0n) is 14.3. The number of hydrogen-bond donors (Lipinski definition) is 2. The molecule has 24 heavy (non-hydrogen) atoms. The van der Waals surface area contributed by atoms with E-state index in [0.717, 1.165) is 5.56 Å². The van der Waals surface area contributed by atoms with E-state index in [9.17, 15) is 9.90 Å². The standard InChI is InChI=1S/C17H21BN2O4/c1-16(2)17(3,4)24-18(23-16)12(9-21)7-11-5-6-13-14(8-11)19-10-20-15(13)22/h5-8,10,21H,9H2,1-4H3,(H,19,20,22). The minimum Gasteiger partial charge on any atom is -0.400 e. The zero-order chi connectivity index (χ0) is 17.5. The van der Waals surface area contributed by atoms with Crippen LogP contribution >= 0.6 is 0 Å². The summed E-state index contributed by atoms with van der Waals surface area (Å²) in [6.45, 7) is 7.68. The first-order valence-electron chi connectivity index (χ1n) is 7.88. The Morgan fingerprint density at radius 1 is 1.29 bits per heavy atom. The maximum absolute atomic E-state index is 11.7. The van der Waals surface area contributed by atoms with E-state index in [1.54, 1.807) is 18.2 Å². The minimum atomic E-state index is -0.608. The van der Waals surface area contributed by atoms with Gasteiger partial charge in [-0.2, -0.15) is 0 Å². The Hall–Kier alpha value is -1.96. The van der Waals surface area contributed by atoms with Gasteiger partial charge in [0.05, 0.1) is 35.0 Å². The van der Waals surface area contributed by atoms with Gasteiger partial charge < -0.3 is 19.4 Å². The van der Waals surface area contributed by atoms with Gasteiger partial charge in [0.1, 0.15) is 0 Å². The molecule has 7 heteroatoms. The smallest absolute Gasteiger partial charge is 0.400 e. The van der Waals surface area contributed by atoms with E-state index in [-0.39, 0.29) is 12.2 Å². The van der Waals surface area contributed by atoms with E-state index >= 15 is 0 Å². The molecule has 1 saturated heterocycles. The average molecular weight is 328 g/mol. The average Bonchev–Trinajstić information content (AvgIpc) is 2.73. The summed E-state index contributed by atoms with van der Waals surface area (Å²) in [4.78, 5) is 18.4. The number of hydrogen-bond acceptors (Lipinski definition) is 5. The molecule has 1 aliphatic rings. The van der Waals surface area contributed by atoms with Crippen molar-refractivity contribution in [3.05, 3.63) is 45.9 Å². The second-order valence-electron chi connectivity index (χ2n) is 6.97. The van der Waals surface area contributed by atoms with Crippen molar-refractivity contribution in [2.75, 3.05) is 6.61 Å². The number of aromatic amines is 1. The number of benzene rings is 1. The highest BCUT2D eigenvalue weighted by molar-refractivity contribution is 6.55. The summed E-state index contributed by atoms with van der Waals surface area (Å²) < 4.78 is 11.9. The number of H-pyrrole nitrogens is 1. The third-order valence-electron chi connectivity index (χ3n) is 4.76. The van der Waals surface area contributed by atoms with Gasteiger partial charge in [0.15, 0.2) is 0 Å². The summed E-state index contributed by atoms with van der Waals surface area (Å²) >= 11 is 0. The van der Waals surface area contributed by atoms with Crippen molar-refractivity contribution in [1.29, 1.82) is 0 Å². The molecule has 1 aromatic carbocycles. The molecule has 0 bridgehead atoms. The first-order chi connectivity index (χ1) is 11.2. The molecule has 0 spiro atoms. The summed E-state index contributed by atoms with van der Waals surface area (Å²) in [6.07, 6.45) is 3.18. The second-order valence-corrected chi connectivity index (χ2v) is 6.97. The second kappa shape index (κ2) is 5.84. The predicted molar refractivity (Wildman–Crippen MR) is 93.5 cm³/mol. The molecule has 0 amide bonds. The van der Waals surface area contributed by atoms with Crippen LogP contribution in [0.3, 0.4) is 0 Å². The summed E-state index contributed by atoms with van der Waals surface area (Å²) in [7, 11) is -0.608. The van der Waals surface area contributed by atoms with Crippen molar-refractivity contribution in [2.45, 2.75) is 38.9 Å². The highest BCUT2D eigenvalue weighted by Gasteiger charge is 2.52. The summed E-state index contributed by atoms with van der Waals surface area (Å²) in [5, 5.41) is 10.3. The Kier molecular flexibility index (Phi) is 4.11. The van der Waals surface area contributed by atoms with Crippen LogP contribution < -0.4 is 5.56 Å². The largest absolute Gasteiger partial charge is 0.492 e. The van der Waals surface area contributed by atoms with Crippen LogP contribution in [0.2, 0.25) is 0 Å². The lowest BCUT2D eigenvalue weighted by atomic mass is 9.77. The number of nitrogens with one attached hydrogen (secondary N) is 1. The van der Waals surface area contributed by atoms with Crippen molar-refractivity contribution in [2.24, 2.45) is 0 Å². The van der Waals surface area contributed by atoms with Crippen LogP contribution in [0, 0.1) is 0 Å². The molecule has 1 aromatic heterocycles. The molecule has 6 nitrogen and oxygen atoms in total. The number of aromatic nitrogens is 2. The third kappa shape index (κ3) is 2.90. The number of fused-ring (bicyclic) bond motifs is 1. The highest BCUT2D eigenvalue weighted by atomic mass is 16.7. The van der Waals surface area contributed by atoms with E-state index in [2.05, 4.69) is 9.97 Å². The van der Waals surface area contributed by atoms with Crippen LogP contribution in [0.5, 0.6) is 0 Å². The summed E-state index contributed by atoms with van der Waals surface area (Å²) in [6, 6.07) is 5.32. The molecule has 2 N–H and O–H groups in total. The van der Waals surface area contributed by atoms with Gasteiger partial charge in [0.25, 0.3) is 5.56 Å². The molecule has 1 fully saturated rings. The van der Waals surface area contributed by atoms with Gasteiger partial charge in [0.2, 0.25) is 0 Å². The van der Waals surface area contributed by atoms with Crippen molar-refractivity contribution in [3.8, 4) is 0 Å². The Morgan fingerprint density at radius 3 is 2.58 bits per heavy atom. The Morgan fingerprint density at radius 2 is 1.96 bits per heavy atom. The Balaban J connectivity index is 1.96. The summed E-state index contributed by atoms with van der Waals surface area (Å²) in [5.74, 6) is 0. The van der Waals surface area contributed by atoms with Crippen molar-refractivity contribution < 1.29 is 14.4 Å². The molecule has 3 rings (SSSR count). The van der Waals surface area contributed by atoms with E-state index in [1.807, 2.05) is 33.8 Å². The molecule has 0 saturated carbocycles. The molecule has 0 unspecified atom stereocenters. The number of aliphatic hydroxyl groups is 1. The van der Waals surface area contributed by atoms with Gasteiger partial charge in [-0.1, -0.05) is 12.1 Å². The van der Waals surface area contributed by atoms with Crippen LogP contribution in [0.25, 0.3) is 17.0 Å². The number of aliphatic hydroxyl groups excluding tert-OH is 1. The van der Waals surface area contributed by atoms with Gasteiger partial charge in [0, 0.05) is 0 Å². The van der Waals surface area contributed by atoms with Crippen molar-refractivity contribution in [3.63, 3.8) is 0 Å². The predicted octanol–water partition coefficient (Wildman–Crippen LogP) is 1.93. The molecule has 0 atom stereocenters. The molecular weight excluding hydrogens is 307 g/mol. The Bertz CT molecular complexity index is 841. The van der Waals surface area contributed by atoms with Crippen LogP contribution in [-0.2, 0) is 9.31 Å². The SMILES string of the molecule is CC1(C)OB(C(=Cc2ccc3c(=O)[nH]cnc3c2)CO)OC1(C)C. The van der Waals surface area contributed by atoms with E-state index < -0.39 is 18.3 Å². The van der Waals surface area contributed by atoms with Gasteiger partial charge in [-0.25, -0.2) is 4.98 Å². The fourth-order valence-corrected chi connectivity index (χ4v) is 2.57. The van der Waals surface area contributed by atoms with Crippen molar-refractivity contribution >= 4 is 24.1 Å². The fraction of sp³-hybridized carbons (Fsp3) is 0.412.